The van der Waals surface area contributed by atoms with Crippen molar-refractivity contribution in [1.29, 1.82) is 0 Å². The molecule has 130 valence electrons. The largest absolute Gasteiger partial charge is 0.372 e. The predicted molar refractivity (Wildman–Crippen MR) is 102 cm³/mol. The van der Waals surface area contributed by atoms with Crippen LogP contribution >= 0.6 is 11.3 Å². The van der Waals surface area contributed by atoms with Crippen molar-refractivity contribution in [3.8, 4) is 0 Å². The number of aromatic nitrogens is 2. The van der Waals surface area contributed by atoms with Crippen LogP contribution in [0.2, 0.25) is 0 Å². The van der Waals surface area contributed by atoms with E-state index in [1.165, 1.54) is 5.56 Å². The molecule has 0 saturated carbocycles. The summed E-state index contributed by atoms with van der Waals surface area (Å²) >= 11 is 1.59. The van der Waals surface area contributed by atoms with Crippen LogP contribution in [0.5, 0.6) is 0 Å². The van der Waals surface area contributed by atoms with Gasteiger partial charge in [-0.1, -0.05) is 30.3 Å². The Bertz CT molecular complexity index is 830. The van der Waals surface area contributed by atoms with Crippen LogP contribution in [0.1, 0.15) is 30.3 Å². The molecule has 0 bridgehead atoms. The van der Waals surface area contributed by atoms with Crippen molar-refractivity contribution >= 4 is 27.5 Å². The number of aliphatic hydroxyl groups excluding tert-OH is 1. The first kappa shape index (κ1) is 16.4. The number of likely N-dealkylation sites (tertiary alicyclic amines) is 1. The summed E-state index contributed by atoms with van der Waals surface area (Å²) < 4.78 is 0.980. The SMILES string of the molecule is OC(c1nc(NCCc2ccccc2)nc2ccsc12)N1CCCC1. The minimum absolute atomic E-state index is 0.593. The minimum atomic E-state index is -0.652. The summed E-state index contributed by atoms with van der Waals surface area (Å²) in [5.74, 6) is 0.593. The highest BCUT2D eigenvalue weighted by atomic mass is 32.1. The number of aliphatic hydroxyl groups is 1. The number of rotatable bonds is 6. The van der Waals surface area contributed by atoms with Crippen LogP contribution < -0.4 is 5.32 Å². The van der Waals surface area contributed by atoms with E-state index in [1.807, 2.05) is 29.6 Å². The second-order valence-electron chi connectivity index (χ2n) is 6.35. The van der Waals surface area contributed by atoms with E-state index in [1.54, 1.807) is 11.3 Å². The second kappa shape index (κ2) is 7.47. The Balaban J connectivity index is 1.53. The third kappa shape index (κ3) is 3.66. The molecule has 2 N–H and O–H groups in total. The average Bonchev–Trinajstić information content (AvgIpc) is 3.33. The Morgan fingerprint density at radius 2 is 1.92 bits per heavy atom. The maximum atomic E-state index is 10.8. The molecule has 0 spiro atoms. The van der Waals surface area contributed by atoms with Crippen molar-refractivity contribution in [3.63, 3.8) is 0 Å². The van der Waals surface area contributed by atoms with E-state index in [9.17, 15) is 5.11 Å². The smallest absolute Gasteiger partial charge is 0.223 e. The summed E-state index contributed by atoms with van der Waals surface area (Å²) in [6.45, 7) is 2.61. The zero-order valence-electron chi connectivity index (χ0n) is 14.1. The zero-order valence-corrected chi connectivity index (χ0v) is 14.9. The van der Waals surface area contributed by atoms with E-state index in [0.29, 0.717) is 5.95 Å². The van der Waals surface area contributed by atoms with Crippen molar-refractivity contribution in [2.24, 2.45) is 0 Å². The number of nitrogens with zero attached hydrogens (tertiary/aromatic N) is 3. The van der Waals surface area contributed by atoms with Crippen LogP contribution in [0.3, 0.4) is 0 Å². The predicted octanol–water partition coefficient (Wildman–Crippen LogP) is 3.43. The van der Waals surface area contributed by atoms with Crippen molar-refractivity contribution in [2.75, 3.05) is 25.0 Å². The van der Waals surface area contributed by atoms with Crippen LogP contribution in [0.15, 0.2) is 41.8 Å². The summed E-state index contributed by atoms with van der Waals surface area (Å²) in [6, 6.07) is 12.3. The molecule has 3 heterocycles. The lowest BCUT2D eigenvalue weighted by Gasteiger charge is -2.22. The average molecular weight is 354 g/mol. The molecule has 1 aliphatic heterocycles. The van der Waals surface area contributed by atoms with Crippen LogP contribution in [0.25, 0.3) is 10.2 Å². The van der Waals surface area contributed by atoms with E-state index in [4.69, 9.17) is 0 Å². The summed E-state index contributed by atoms with van der Waals surface area (Å²) in [7, 11) is 0. The second-order valence-corrected chi connectivity index (χ2v) is 7.26. The molecule has 2 aromatic heterocycles. The van der Waals surface area contributed by atoms with Crippen molar-refractivity contribution < 1.29 is 5.11 Å². The van der Waals surface area contributed by atoms with Gasteiger partial charge in [0.2, 0.25) is 5.95 Å². The minimum Gasteiger partial charge on any atom is -0.372 e. The standard InChI is InChI=1S/C19H22N4OS/c24-18(23-11-4-5-12-23)16-17-15(9-13-25-17)21-19(22-16)20-10-8-14-6-2-1-3-7-14/h1-3,6-7,9,13,18,24H,4-5,8,10-12H2,(H,20,21,22). The highest BCUT2D eigenvalue weighted by molar-refractivity contribution is 7.17. The molecule has 25 heavy (non-hydrogen) atoms. The Morgan fingerprint density at radius 1 is 1.12 bits per heavy atom. The van der Waals surface area contributed by atoms with E-state index in [-0.39, 0.29) is 0 Å². The van der Waals surface area contributed by atoms with E-state index in [2.05, 4.69) is 32.3 Å². The van der Waals surface area contributed by atoms with Gasteiger partial charge in [0.1, 0.15) is 5.69 Å². The van der Waals surface area contributed by atoms with Crippen LogP contribution in [0.4, 0.5) is 5.95 Å². The van der Waals surface area contributed by atoms with E-state index >= 15 is 0 Å². The third-order valence-electron chi connectivity index (χ3n) is 4.60. The van der Waals surface area contributed by atoms with Crippen molar-refractivity contribution in [2.45, 2.75) is 25.5 Å². The first-order valence-corrected chi connectivity index (χ1v) is 9.64. The normalized spacial score (nSPS) is 16.4. The first-order valence-electron chi connectivity index (χ1n) is 8.76. The Morgan fingerprint density at radius 3 is 2.72 bits per heavy atom. The number of thiophene rings is 1. The first-order chi connectivity index (χ1) is 12.3. The maximum absolute atomic E-state index is 10.8. The van der Waals surface area contributed by atoms with Crippen LogP contribution in [0, 0.1) is 0 Å². The fourth-order valence-corrected chi connectivity index (χ4v) is 4.10. The van der Waals surface area contributed by atoms with Gasteiger partial charge in [0.05, 0.1) is 10.2 Å². The molecular formula is C19H22N4OS. The van der Waals surface area contributed by atoms with Gasteiger partial charge in [-0.25, -0.2) is 9.97 Å². The summed E-state index contributed by atoms with van der Waals surface area (Å²) in [5.41, 5.74) is 2.91. The maximum Gasteiger partial charge on any atom is 0.223 e. The van der Waals surface area contributed by atoms with Gasteiger partial charge < -0.3 is 10.4 Å². The highest BCUT2D eigenvalue weighted by Gasteiger charge is 2.25. The molecule has 0 amide bonds. The van der Waals surface area contributed by atoms with Gasteiger partial charge in [-0.05, 0) is 36.3 Å². The van der Waals surface area contributed by atoms with Gasteiger partial charge in [-0.15, -0.1) is 11.3 Å². The zero-order chi connectivity index (χ0) is 17.1. The fourth-order valence-electron chi connectivity index (χ4n) is 3.26. The van der Waals surface area contributed by atoms with Gasteiger partial charge in [0, 0.05) is 19.6 Å². The highest BCUT2D eigenvalue weighted by Crippen LogP contribution is 2.31. The molecule has 1 unspecified atom stereocenters. The van der Waals surface area contributed by atoms with Crippen LogP contribution in [-0.4, -0.2) is 39.6 Å². The molecule has 5 nitrogen and oxygen atoms in total. The molecule has 1 atom stereocenters. The Labute approximate surface area is 151 Å². The quantitative estimate of drug-likeness (QED) is 0.710. The van der Waals surface area contributed by atoms with Gasteiger partial charge in [0.15, 0.2) is 6.23 Å². The molecule has 1 saturated heterocycles. The lowest BCUT2D eigenvalue weighted by Crippen LogP contribution is -2.26. The van der Waals surface area contributed by atoms with E-state index in [0.717, 1.165) is 54.8 Å². The molecule has 0 radical (unpaired) electrons. The number of nitrogens with one attached hydrogen (secondary N) is 1. The van der Waals surface area contributed by atoms with E-state index < -0.39 is 6.23 Å². The van der Waals surface area contributed by atoms with Crippen LogP contribution in [-0.2, 0) is 6.42 Å². The topological polar surface area (TPSA) is 61.3 Å². The molecule has 4 rings (SSSR count). The van der Waals surface area contributed by atoms with Gasteiger partial charge >= 0.3 is 0 Å². The number of fused-ring (bicyclic) bond motifs is 1. The number of hydrogen-bond donors (Lipinski definition) is 2. The number of benzene rings is 1. The molecule has 1 fully saturated rings. The molecule has 0 aliphatic carbocycles. The van der Waals surface area contributed by atoms with Gasteiger partial charge in [0.25, 0.3) is 0 Å². The lowest BCUT2D eigenvalue weighted by atomic mass is 10.1. The molecule has 3 aromatic rings. The Hall–Kier alpha value is -2.02. The summed E-state index contributed by atoms with van der Waals surface area (Å²) in [5, 5.41) is 16.1. The third-order valence-corrected chi connectivity index (χ3v) is 5.53. The molecule has 1 aromatic carbocycles. The molecular weight excluding hydrogens is 332 g/mol. The summed E-state index contributed by atoms with van der Waals surface area (Å²) in [6.07, 6.45) is 2.53. The lowest BCUT2D eigenvalue weighted by molar-refractivity contribution is 0.0170. The number of hydrogen-bond acceptors (Lipinski definition) is 6. The molecule has 1 aliphatic rings. The van der Waals surface area contributed by atoms with Crippen molar-refractivity contribution in [1.82, 2.24) is 14.9 Å². The fraction of sp³-hybridized carbons (Fsp3) is 0.368. The molecule has 6 heteroatoms. The van der Waals surface area contributed by atoms with Gasteiger partial charge in [-0.2, -0.15) is 0 Å². The Kier molecular flexibility index (Phi) is 4.92. The van der Waals surface area contributed by atoms with Gasteiger partial charge in [-0.3, -0.25) is 4.90 Å². The van der Waals surface area contributed by atoms with Crippen molar-refractivity contribution in [3.05, 3.63) is 53.0 Å². The number of anilines is 1. The monoisotopic (exact) mass is 354 g/mol. The summed E-state index contributed by atoms with van der Waals surface area (Å²) in [4.78, 5) is 11.3.